The summed E-state index contributed by atoms with van der Waals surface area (Å²) in [4.78, 5) is 44.8. The predicted molar refractivity (Wildman–Crippen MR) is 178 cm³/mol. The number of nitrogens with one attached hydrogen (secondary N) is 2. The minimum Gasteiger partial charge on any atom is -0.314 e. The van der Waals surface area contributed by atoms with Crippen LogP contribution < -0.4 is 16.4 Å². The second kappa shape index (κ2) is 16.6. The molecule has 0 aliphatic carbocycles. The van der Waals surface area contributed by atoms with Gasteiger partial charge in [-0.25, -0.2) is 14.4 Å². The van der Waals surface area contributed by atoms with Crippen LogP contribution in [0.5, 0.6) is 0 Å². The predicted octanol–water partition coefficient (Wildman–Crippen LogP) is 8.84. The van der Waals surface area contributed by atoms with Crippen molar-refractivity contribution in [3.8, 4) is 22.3 Å². The highest BCUT2D eigenvalue weighted by Crippen LogP contribution is 2.61. The molecule has 6 heterocycles. The fourth-order valence-corrected chi connectivity index (χ4v) is 4.96. The number of hydrogen-bond acceptors (Lipinski definition) is 8. The molecule has 0 saturated carbocycles. The molecular formula is C26H13Cl4F16N10O4P. The monoisotopic (exact) mass is 1000 g/mol. The van der Waals surface area contributed by atoms with Crippen molar-refractivity contribution in [2.75, 3.05) is 5.32 Å². The van der Waals surface area contributed by atoms with E-state index in [0.717, 1.165) is 6.20 Å². The zero-order chi connectivity index (χ0) is 46.6. The number of alkyl halides is 16. The average molecular weight is 1010 g/mol. The Morgan fingerprint density at radius 3 is 1.48 bits per heavy atom. The van der Waals surface area contributed by atoms with E-state index in [1.54, 1.807) is 0 Å². The van der Waals surface area contributed by atoms with Crippen molar-refractivity contribution in [2.45, 2.75) is 56.2 Å². The van der Waals surface area contributed by atoms with E-state index in [1.165, 1.54) is 0 Å². The van der Waals surface area contributed by atoms with E-state index in [0.29, 0.717) is 33.8 Å². The smallest absolute Gasteiger partial charge is 0.314 e. The lowest BCUT2D eigenvalue weighted by atomic mass is 10.1. The van der Waals surface area contributed by atoms with Crippen LogP contribution in [0, 0.1) is 0 Å². The van der Waals surface area contributed by atoms with Gasteiger partial charge in [-0.1, -0.05) is 11.6 Å². The van der Waals surface area contributed by atoms with Crippen LogP contribution in [-0.4, -0.2) is 73.6 Å². The highest BCUT2D eigenvalue weighted by molar-refractivity contribution is 8.24. The molecule has 61 heavy (non-hydrogen) atoms. The Kier molecular flexibility index (Phi) is 13.4. The molecule has 0 unspecified atom stereocenters. The maximum atomic E-state index is 13.3. The third-order valence-corrected chi connectivity index (χ3v) is 7.43. The van der Waals surface area contributed by atoms with Crippen LogP contribution in [0.15, 0.2) is 40.6 Å². The van der Waals surface area contributed by atoms with Gasteiger partial charge in [-0.15, -0.1) is 0 Å². The number of aromatic nitrogens is 9. The highest BCUT2D eigenvalue weighted by atomic mass is 36.0. The molecule has 0 spiro atoms. The minimum absolute atomic E-state index is 0.0592. The molecule has 35 heteroatoms. The van der Waals surface area contributed by atoms with Gasteiger partial charge in [0.15, 0.2) is 11.4 Å². The minimum atomic E-state index is -5.91. The zero-order valence-electron chi connectivity index (χ0n) is 28.2. The van der Waals surface area contributed by atoms with Crippen molar-refractivity contribution in [3.63, 3.8) is 0 Å². The SMILES string of the molecule is O=C1Cn2c(nc(C(F)(F)F)c(-c3cnn(CC(F)(F)C(F)(F)F)c3)c2=O)N1.O=P(Cl)(Cl)Cl.O=c1c(-c2cnn(CC(F)(F)C(F)(F)F)c2)c(C(F)(F)F)nc2[nH]c(Cl)cn12. The fraction of sp³-hybridized carbons (Fsp3) is 0.346. The lowest BCUT2D eigenvalue weighted by molar-refractivity contribution is -0.287. The molecule has 1 amide bonds. The third-order valence-electron chi connectivity index (χ3n) is 7.24. The Morgan fingerprint density at radius 2 is 1.07 bits per heavy atom. The van der Waals surface area contributed by atoms with E-state index in [2.05, 4.69) is 58.9 Å². The summed E-state index contributed by atoms with van der Waals surface area (Å²) in [7, 11) is 0. The van der Waals surface area contributed by atoms with Crippen LogP contribution in [0.25, 0.3) is 28.0 Å². The third kappa shape index (κ3) is 11.5. The van der Waals surface area contributed by atoms with Crippen LogP contribution in [0.4, 0.5) is 76.2 Å². The van der Waals surface area contributed by atoms with Gasteiger partial charge in [0.05, 0.1) is 29.7 Å². The van der Waals surface area contributed by atoms with Gasteiger partial charge in [0, 0.05) is 23.5 Å². The van der Waals surface area contributed by atoms with Gasteiger partial charge in [-0.2, -0.15) is 80.4 Å². The molecule has 6 rings (SSSR count). The number of aromatic amines is 1. The van der Waals surface area contributed by atoms with E-state index in [4.69, 9.17) is 11.6 Å². The Morgan fingerprint density at radius 1 is 0.656 bits per heavy atom. The van der Waals surface area contributed by atoms with E-state index < -0.39 is 124 Å². The van der Waals surface area contributed by atoms with E-state index >= 15 is 0 Å². The van der Waals surface area contributed by atoms with Gasteiger partial charge in [-0.05, 0) is 33.7 Å². The maximum absolute atomic E-state index is 13.3. The molecule has 0 aromatic carbocycles. The summed E-state index contributed by atoms with van der Waals surface area (Å²) in [5.74, 6) is -12.4. The number of fused-ring (bicyclic) bond motifs is 2. The van der Waals surface area contributed by atoms with Crippen molar-refractivity contribution in [2.24, 2.45) is 0 Å². The Balaban J connectivity index is 0.000000242. The first-order chi connectivity index (χ1) is 27.4. The quantitative estimate of drug-likeness (QED) is 0.126. The molecule has 1 aliphatic heterocycles. The van der Waals surface area contributed by atoms with Crippen molar-refractivity contribution in [1.82, 2.24) is 43.5 Å². The first-order valence-corrected chi connectivity index (χ1v) is 19.7. The molecule has 0 radical (unpaired) electrons. The Labute approximate surface area is 342 Å². The second-order valence-electron chi connectivity index (χ2n) is 11.7. The van der Waals surface area contributed by atoms with Crippen LogP contribution in [0.2, 0.25) is 5.15 Å². The van der Waals surface area contributed by atoms with Crippen LogP contribution in [0.3, 0.4) is 0 Å². The van der Waals surface area contributed by atoms with Gasteiger partial charge < -0.3 is 4.98 Å². The number of anilines is 1. The summed E-state index contributed by atoms with van der Waals surface area (Å²) in [5.41, 5.74) is -9.57. The van der Waals surface area contributed by atoms with Gasteiger partial charge in [0.2, 0.25) is 17.6 Å². The fourth-order valence-electron chi connectivity index (χ4n) is 4.77. The van der Waals surface area contributed by atoms with Gasteiger partial charge in [0.25, 0.3) is 11.1 Å². The molecule has 14 nitrogen and oxygen atoms in total. The van der Waals surface area contributed by atoms with Crippen molar-refractivity contribution in [3.05, 3.63) is 68.2 Å². The Hall–Kier alpha value is -4.54. The summed E-state index contributed by atoms with van der Waals surface area (Å²) in [6.07, 6.45) is -19.2. The summed E-state index contributed by atoms with van der Waals surface area (Å²) < 4.78 is 217. The van der Waals surface area contributed by atoms with E-state index in [9.17, 15) is 89.2 Å². The van der Waals surface area contributed by atoms with Crippen LogP contribution >= 0.6 is 50.5 Å². The Bertz CT molecular complexity index is 2620. The first kappa shape index (κ1) is 49.1. The number of carbonyl (C=O) groups excluding carboxylic acids is 1. The number of rotatable bonds is 6. The van der Waals surface area contributed by atoms with Crippen molar-refractivity contribution >= 4 is 68.2 Å². The number of H-pyrrole nitrogens is 1. The number of amides is 1. The first-order valence-electron chi connectivity index (χ1n) is 14.9. The largest absolute Gasteiger partial charge is 0.455 e. The van der Waals surface area contributed by atoms with Crippen LogP contribution in [-0.2, 0) is 41.3 Å². The maximum Gasteiger partial charge on any atom is 0.455 e. The topological polar surface area (TPSA) is 167 Å². The molecule has 2 N–H and O–H groups in total. The van der Waals surface area contributed by atoms with Crippen LogP contribution in [0.1, 0.15) is 11.4 Å². The van der Waals surface area contributed by atoms with Gasteiger partial charge >= 0.3 is 41.8 Å². The summed E-state index contributed by atoms with van der Waals surface area (Å²) in [6.45, 7) is -4.62. The van der Waals surface area contributed by atoms with Gasteiger partial charge in [0.1, 0.15) is 24.8 Å². The molecule has 1 aliphatic rings. The van der Waals surface area contributed by atoms with Gasteiger partial charge in [-0.3, -0.25) is 38.2 Å². The second-order valence-corrected chi connectivity index (χ2v) is 18.7. The number of imidazole rings is 1. The summed E-state index contributed by atoms with van der Waals surface area (Å²) >= 11 is 19.4. The standard InChI is InChI=1S/C13H6ClF8N5O.C13H7F8N5O2.Cl3OP/c14-6-3-27-9(28)7(8(12(17,18)19)25-10(27)24-6)5-1-23-26(2-5)4-11(15,16)13(20,21)22;14-11(15,13(19,20)21)4-25-2-5(1-22-25)7-8(12(16,17)18)24-10-23-6(27)3-26(10)9(7)28;1-5(2,3)4/h1-3H,4H2,(H,24,25);1-2H,3-4H2,(H,23,24,27);. The molecule has 5 aromatic heterocycles. The summed E-state index contributed by atoms with van der Waals surface area (Å²) in [5, 5.41) is 4.89. The average Bonchev–Trinajstić information content (AvgIpc) is 3.85. The molecule has 0 atom stereocenters. The molecule has 0 bridgehead atoms. The molecule has 336 valence electrons. The molecular weight excluding hydrogens is 993 g/mol. The highest BCUT2D eigenvalue weighted by Gasteiger charge is 2.58. The molecule has 0 saturated heterocycles. The lowest BCUT2D eigenvalue weighted by Crippen LogP contribution is -2.40. The summed E-state index contributed by atoms with van der Waals surface area (Å²) in [6, 6.07) is 0. The van der Waals surface area contributed by atoms with E-state index in [1.807, 2.05) is 5.32 Å². The number of hydrogen-bond donors (Lipinski definition) is 2. The van der Waals surface area contributed by atoms with Crippen molar-refractivity contribution < 1.29 is 79.6 Å². The molecule has 5 aromatic rings. The normalized spacial score (nSPS) is 14.0. The number of nitrogens with zero attached hydrogens (tertiary/aromatic N) is 8. The lowest BCUT2D eigenvalue weighted by Gasteiger charge is -2.19. The molecule has 0 fully saturated rings. The number of halogens is 20. The number of carbonyl (C=O) groups is 1. The van der Waals surface area contributed by atoms with E-state index in [-0.39, 0.29) is 14.5 Å². The van der Waals surface area contributed by atoms with Crippen molar-refractivity contribution in [1.29, 1.82) is 0 Å². The zero-order valence-corrected chi connectivity index (χ0v) is 32.1.